The SMILES string of the molecule is C[Si](C)(c1cccc2cc3ccccc3cc12)[Si](C)(C)[Si](C)(C)[Si](C)(C)[Si](C)(C)[Si](C)(C)c1cccc2cc3ccccc3cc12. The average molecular weight is 703 g/mol. The highest BCUT2D eigenvalue weighted by molar-refractivity contribution is 7.98. The Balaban J connectivity index is 1.47. The van der Waals surface area contributed by atoms with Crippen LogP contribution in [0.4, 0.5) is 0 Å². The molecule has 0 fully saturated rings. The van der Waals surface area contributed by atoms with Crippen LogP contribution >= 0.6 is 0 Å². The summed E-state index contributed by atoms with van der Waals surface area (Å²) >= 11 is 0. The molecule has 0 aromatic heterocycles. The zero-order chi connectivity index (χ0) is 33.5. The smallest absolute Gasteiger partial charge is 0.0719 e. The van der Waals surface area contributed by atoms with Crippen molar-refractivity contribution >= 4 is 97.1 Å². The van der Waals surface area contributed by atoms with Crippen molar-refractivity contribution in [1.29, 1.82) is 0 Å². The topological polar surface area (TPSA) is 0 Å². The molecule has 0 aliphatic rings. The molecule has 46 heavy (non-hydrogen) atoms. The van der Waals surface area contributed by atoms with Crippen LogP contribution in [0.3, 0.4) is 0 Å². The Hall–Kier alpha value is -2.34. The third-order valence-electron chi connectivity index (χ3n) is 14.7. The van der Waals surface area contributed by atoms with Crippen LogP contribution in [0, 0.1) is 0 Å². The maximum Gasteiger partial charge on any atom is 0.0719 e. The quantitative estimate of drug-likeness (QED) is 0.115. The molecule has 6 heteroatoms. The molecule has 0 N–H and O–H groups in total. The lowest BCUT2D eigenvalue weighted by atomic mass is 10.0. The standard InChI is InChI=1S/C40H54Si6/c1-41(2,39-25-17-23-35-27-31-19-13-15-21-33(31)29-37(35)39)43(5,6)45(9,10)46(11,12)44(7,8)42(3,4)40-26-18-24-36-28-32-20-14-16-22-34(32)30-38(36)40/h13-30H,1-12H3. The van der Waals surface area contributed by atoms with Gasteiger partial charge in [0.25, 0.3) is 0 Å². The average Bonchev–Trinajstić information content (AvgIpc) is 3.01. The Bertz CT molecular complexity index is 1970. The molecule has 0 nitrogen and oxygen atoms in total. The van der Waals surface area contributed by atoms with Gasteiger partial charge in [-0.15, -0.1) is 0 Å². The summed E-state index contributed by atoms with van der Waals surface area (Å²) in [5.41, 5.74) is 0. The summed E-state index contributed by atoms with van der Waals surface area (Å²) in [6.45, 7) is 34.1. The first-order valence-electron chi connectivity index (χ1n) is 17.2. The summed E-state index contributed by atoms with van der Waals surface area (Å²) in [7, 11) is -10.4. The summed E-state index contributed by atoms with van der Waals surface area (Å²) in [5.74, 6) is 0. The Morgan fingerprint density at radius 1 is 0.283 bits per heavy atom. The minimum atomic E-state index is -1.82. The normalized spacial score (nSPS) is 14.1. The van der Waals surface area contributed by atoms with Crippen LogP contribution in [0.15, 0.2) is 109 Å². The summed E-state index contributed by atoms with van der Waals surface area (Å²) in [4.78, 5) is 0. The van der Waals surface area contributed by atoms with E-state index in [0.29, 0.717) is 0 Å². The number of benzene rings is 6. The zero-order valence-electron chi connectivity index (χ0n) is 30.4. The van der Waals surface area contributed by atoms with E-state index in [1.807, 2.05) is 0 Å². The molecule has 0 aliphatic carbocycles. The summed E-state index contributed by atoms with van der Waals surface area (Å²) in [5, 5.41) is 14.8. The van der Waals surface area contributed by atoms with E-state index in [1.165, 1.54) is 43.1 Å². The Morgan fingerprint density at radius 2 is 0.565 bits per heavy atom. The van der Waals surface area contributed by atoms with Crippen molar-refractivity contribution in [3.05, 3.63) is 109 Å². The van der Waals surface area contributed by atoms with E-state index in [2.05, 4.69) is 188 Å². The summed E-state index contributed by atoms with van der Waals surface area (Å²) in [6, 6.07) is 42.3. The Labute approximate surface area is 283 Å². The van der Waals surface area contributed by atoms with Gasteiger partial charge >= 0.3 is 0 Å². The first kappa shape index (κ1) is 33.6. The van der Waals surface area contributed by atoms with Gasteiger partial charge in [0.2, 0.25) is 0 Å². The van der Waals surface area contributed by atoms with E-state index in [4.69, 9.17) is 0 Å². The van der Waals surface area contributed by atoms with Crippen molar-refractivity contribution in [3.8, 4) is 0 Å². The first-order valence-corrected chi connectivity index (χ1v) is 40.2. The third kappa shape index (κ3) is 4.73. The second kappa shape index (κ2) is 11.1. The molecule has 0 saturated carbocycles. The van der Waals surface area contributed by atoms with Gasteiger partial charge in [-0.2, -0.15) is 0 Å². The molecule has 6 rings (SSSR count). The van der Waals surface area contributed by atoms with Gasteiger partial charge in [0, 0.05) is 28.4 Å². The van der Waals surface area contributed by atoms with E-state index in [-0.39, 0.29) is 0 Å². The molecule has 0 saturated heterocycles. The first-order chi connectivity index (χ1) is 21.4. The highest BCUT2D eigenvalue weighted by atomic mass is 30.0. The van der Waals surface area contributed by atoms with Crippen LogP contribution < -0.4 is 10.4 Å². The number of hydrogen-bond donors (Lipinski definition) is 0. The maximum absolute atomic E-state index is 2.90. The predicted octanol–water partition coefficient (Wildman–Crippen LogP) is 11.1. The van der Waals surface area contributed by atoms with Crippen molar-refractivity contribution in [1.82, 2.24) is 0 Å². The fourth-order valence-electron chi connectivity index (χ4n) is 8.82. The van der Waals surface area contributed by atoms with Gasteiger partial charge in [-0.05, 0) is 67.4 Å². The fraction of sp³-hybridized carbons (Fsp3) is 0.300. The monoisotopic (exact) mass is 702 g/mol. The van der Waals surface area contributed by atoms with Gasteiger partial charge in [0.05, 0.1) is 15.2 Å². The molecule has 0 unspecified atom stereocenters. The van der Waals surface area contributed by atoms with Gasteiger partial charge in [-0.1, -0.05) is 174 Å². The minimum absolute atomic E-state index is 1.35. The minimum Gasteiger partial charge on any atom is -0.0735 e. The molecular weight excluding hydrogens is 649 g/mol. The van der Waals surface area contributed by atoms with Crippen LogP contribution in [0.25, 0.3) is 43.1 Å². The number of hydrogen-bond acceptors (Lipinski definition) is 0. The number of fused-ring (bicyclic) bond motifs is 4. The molecule has 0 amide bonds. The summed E-state index contributed by atoms with van der Waals surface area (Å²) < 4.78 is 0. The molecule has 0 spiro atoms. The molecule has 6 aromatic carbocycles. The second-order valence-electron chi connectivity index (χ2n) is 17.2. The van der Waals surface area contributed by atoms with Crippen LogP contribution in [-0.2, 0) is 0 Å². The van der Waals surface area contributed by atoms with Crippen LogP contribution in [0.2, 0.25) is 78.6 Å². The van der Waals surface area contributed by atoms with Crippen LogP contribution in [0.1, 0.15) is 0 Å². The fourth-order valence-corrected chi connectivity index (χ4v) is 159. The maximum atomic E-state index is 2.90. The van der Waals surface area contributed by atoms with Crippen molar-refractivity contribution in [2.24, 2.45) is 0 Å². The van der Waals surface area contributed by atoms with Gasteiger partial charge in [-0.3, -0.25) is 0 Å². The Kier molecular flexibility index (Phi) is 8.10. The molecule has 238 valence electrons. The Morgan fingerprint density at radius 3 is 0.891 bits per heavy atom. The molecule has 0 heterocycles. The lowest BCUT2D eigenvalue weighted by Crippen LogP contribution is -2.90. The second-order valence-corrected chi connectivity index (χ2v) is 81.3. The zero-order valence-corrected chi connectivity index (χ0v) is 36.4. The van der Waals surface area contributed by atoms with E-state index in [1.54, 1.807) is 10.4 Å². The van der Waals surface area contributed by atoms with Gasteiger partial charge in [0.15, 0.2) is 0 Å². The lowest BCUT2D eigenvalue weighted by Gasteiger charge is -2.62. The third-order valence-corrected chi connectivity index (χ3v) is 134. The molecule has 0 radical (unpaired) electrons. The van der Waals surface area contributed by atoms with Crippen molar-refractivity contribution in [2.75, 3.05) is 0 Å². The molecule has 0 aliphatic heterocycles. The highest BCUT2D eigenvalue weighted by Gasteiger charge is 2.66. The van der Waals surface area contributed by atoms with Crippen LogP contribution in [0.5, 0.6) is 0 Å². The van der Waals surface area contributed by atoms with E-state index in [0.717, 1.165) is 0 Å². The molecule has 0 bridgehead atoms. The predicted molar refractivity (Wildman–Crippen MR) is 227 cm³/mol. The van der Waals surface area contributed by atoms with Gasteiger partial charge in [0.1, 0.15) is 0 Å². The van der Waals surface area contributed by atoms with E-state index >= 15 is 0 Å². The molecule has 6 aromatic rings. The molecular formula is C40H54Si6. The van der Waals surface area contributed by atoms with E-state index < -0.39 is 43.6 Å². The molecule has 0 atom stereocenters. The highest BCUT2D eigenvalue weighted by Crippen LogP contribution is 2.43. The number of rotatable bonds is 7. The summed E-state index contributed by atoms with van der Waals surface area (Å²) in [6.07, 6.45) is 0. The van der Waals surface area contributed by atoms with Gasteiger partial charge in [-0.25, -0.2) is 0 Å². The largest absolute Gasteiger partial charge is 0.0735 e. The van der Waals surface area contributed by atoms with Crippen LogP contribution in [-0.4, -0.2) is 43.6 Å². The lowest BCUT2D eigenvalue weighted by molar-refractivity contribution is 1.72. The van der Waals surface area contributed by atoms with Crippen molar-refractivity contribution in [3.63, 3.8) is 0 Å². The van der Waals surface area contributed by atoms with E-state index in [9.17, 15) is 0 Å². The van der Waals surface area contributed by atoms with Crippen molar-refractivity contribution in [2.45, 2.75) is 78.6 Å². The van der Waals surface area contributed by atoms with Gasteiger partial charge < -0.3 is 0 Å². The van der Waals surface area contributed by atoms with Crippen molar-refractivity contribution < 1.29 is 0 Å².